The molecule has 0 radical (unpaired) electrons. The highest BCUT2D eigenvalue weighted by Crippen LogP contribution is 2.16. The molecular formula is C9H12N2OS2. The molecule has 0 spiro atoms. The first-order valence-corrected chi connectivity index (χ1v) is 5.56. The lowest BCUT2D eigenvalue weighted by atomic mass is 10.2. The molecule has 14 heavy (non-hydrogen) atoms. The molecule has 0 aromatic carbocycles. The first kappa shape index (κ1) is 11.1. The molecule has 3 N–H and O–H groups in total. The number of thiophene rings is 1. The second-order valence-corrected chi connectivity index (χ2v) is 4.22. The molecule has 0 saturated carbocycles. The fraction of sp³-hybridized carbons (Fsp3) is 0.333. The van der Waals surface area contributed by atoms with Gasteiger partial charge in [0.2, 0.25) is 0 Å². The maximum absolute atomic E-state index is 11.6. The Morgan fingerprint density at radius 2 is 2.43 bits per heavy atom. The van der Waals surface area contributed by atoms with E-state index >= 15 is 0 Å². The summed E-state index contributed by atoms with van der Waals surface area (Å²) in [5, 5.41) is 4.58. The van der Waals surface area contributed by atoms with Gasteiger partial charge in [-0.25, -0.2) is 0 Å². The number of carbonyl (C=O) groups is 1. The molecule has 0 unspecified atom stereocenters. The third kappa shape index (κ3) is 2.78. The van der Waals surface area contributed by atoms with Crippen LogP contribution in [0.1, 0.15) is 22.2 Å². The van der Waals surface area contributed by atoms with Crippen LogP contribution >= 0.6 is 23.6 Å². The van der Waals surface area contributed by atoms with Gasteiger partial charge in [0.25, 0.3) is 5.91 Å². The van der Waals surface area contributed by atoms with E-state index in [0.29, 0.717) is 4.99 Å². The Morgan fingerprint density at radius 3 is 3.00 bits per heavy atom. The minimum Gasteiger partial charge on any atom is -0.392 e. The number of carbonyl (C=O) groups excluding carboxylic acids is 1. The van der Waals surface area contributed by atoms with Crippen molar-refractivity contribution >= 4 is 34.5 Å². The Balaban J connectivity index is 2.64. The van der Waals surface area contributed by atoms with Gasteiger partial charge in [-0.15, -0.1) is 11.3 Å². The van der Waals surface area contributed by atoms with Gasteiger partial charge in [0.05, 0.1) is 16.4 Å². The van der Waals surface area contributed by atoms with E-state index in [4.69, 9.17) is 5.73 Å². The molecule has 1 rings (SSSR count). The van der Waals surface area contributed by atoms with E-state index in [2.05, 4.69) is 17.5 Å². The molecule has 0 aliphatic carbocycles. The first-order valence-electron chi connectivity index (χ1n) is 4.28. The van der Waals surface area contributed by atoms with E-state index in [1.165, 1.54) is 11.3 Å². The summed E-state index contributed by atoms with van der Waals surface area (Å²) in [5.41, 5.74) is 6.35. The topological polar surface area (TPSA) is 55.1 Å². The van der Waals surface area contributed by atoms with Gasteiger partial charge >= 0.3 is 0 Å². The molecule has 0 atom stereocenters. The second kappa shape index (κ2) is 5.07. The lowest BCUT2D eigenvalue weighted by Crippen LogP contribution is -2.32. The highest BCUT2D eigenvalue weighted by Gasteiger charge is 2.11. The van der Waals surface area contributed by atoms with Crippen LogP contribution in [0.15, 0.2) is 11.4 Å². The van der Waals surface area contributed by atoms with Gasteiger partial charge in [-0.2, -0.15) is 0 Å². The Kier molecular flexibility index (Phi) is 4.03. The van der Waals surface area contributed by atoms with Crippen LogP contribution in [0.5, 0.6) is 0 Å². The molecule has 5 heteroatoms. The zero-order chi connectivity index (χ0) is 10.6. The largest absolute Gasteiger partial charge is 0.392 e. The fourth-order valence-corrected chi connectivity index (χ4v) is 2.04. The minimum absolute atomic E-state index is 0.0929. The average Bonchev–Trinajstić information content (AvgIpc) is 2.61. The molecule has 1 heterocycles. The summed E-state index contributed by atoms with van der Waals surface area (Å²) in [6, 6.07) is 1.96. The fourth-order valence-electron chi connectivity index (χ4n) is 1.06. The zero-order valence-electron chi connectivity index (χ0n) is 7.87. The third-order valence-electron chi connectivity index (χ3n) is 1.76. The van der Waals surface area contributed by atoms with Crippen molar-refractivity contribution in [3.8, 4) is 0 Å². The number of hydrogen-bond donors (Lipinski definition) is 2. The van der Waals surface area contributed by atoms with Crippen molar-refractivity contribution in [2.24, 2.45) is 5.73 Å². The molecule has 76 valence electrons. The normalized spacial score (nSPS) is 9.79. The molecule has 0 aliphatic heterocycles. The van der Waals surface area contributed by atoms with Gasteiger partial charge in [0, 0.05) is 0 Å². The van der Waals surface area contributed by atoms with Crippen molar-refractivity contribution in [2.45, 2.75) is 13.3 Å². The van der Waals surface area contributed by atoms with Gasteiger partial charge in [0.1, 0.15) is 0 Å². The van der Waals surface area contributed by atoms with Gasteiger partial charge in [-0.1, -0.05) is 19.1 Å². The summed E-state index contributed by atoms with van der Waals surface area (Å²) in [4.78, 5) is 12.6. The highest BCUT2D eigenvalue weighted by atomic mass is 32.1. The number of nitrogens with two attached hydrogens (primary N) is 1. The summed E-state index contributed by atoms with van der Waals surface area (Å²) in [6.07, 6.45) is 0.860. The summed E-state index contributed by atoms with van der Waals surface area (Å²) in [6.45, 7) is 2.28. The van der Waals surface area contributed by atoms with E-state index in [0.717, 1.165) is 16.9 Å². The van der Waals surface area contributed by atoms with Gasteiger partial charge in [-0.3, -0.25) is 4.79 Å². The zero-order valence-corrected chi connectivity index (χ0v) is 9.50. The Morgan fingerprint density at radius 1 is 1.71 bits per heavy atom. The molecule has 0 saturated heterocycles. The van der Waals surface area contributed by atoms with Crippen LogP contribution in [-0.4, -0.2) is 17.4 Å². The monoisotopic (exact) mass is 228 g/mol. The molecule has 1 amide bonds. The predicted molar refractivity (Wildman–Crippen MR) is 62.8 cm³/mol. The summed E-state index contributed by atoms with van der Waals surface area (Å²) < 4.78 is 0. The molecular weight excluding hydrogens is 216 g/mol. The van der Waals surface area contributed by atoms with Crippen LogP contribution in [-0.2, 0) is 6.42 Å². The van der Waals surface area contributed by atoms with Crippen molar-refractivity contribution in [3.05, 3.63) is 21.9 Å². The summed E-state index contributed by atoms with van der Waals surface area (Å²) >= 11 is 6.11. The van der Waals surface area contributed by atoms with Crippen molar-refractivity contribution < 1.29 is 4.79 Å². The van der Waals surface area contributed by atoms with Crippen LogP contribution in [0.3, 0.4) is 0 Å². The predicted octanol–water partition coefficient (Wildman–Crippen LogP) is 1.33. The highest BCUT2D eigenvalue weighted by molar-refractivity contribution is 7.80. The number of hydrogen-bond acceptors (Lipinski definition) is 3. The maximum Gasteiger partial charge on any atom is 0.261 e. The Labute approximate surface area is 92.3 Å². The van der Waals surface area contributed by atoms with E-state index < -0.39 is 0 Å². The smallest absolute Gasteiger partial charge is 0.261 e. The number of aryl methyl sites for hydroxylation is 1. The van der Waals surface area contributed by atoms with E-state index in [-0.39, 0.29) is 12.5 Å². The molecule has 0 aliphatic rings. The van der Waals surface area contributed by atoms with Crippen LogP contribution < -0.4 is 11.1 Å². The van der Waals surface area contributed by atoms with E-state index in [1.54, 1.807) is 0 Å². The Hall–Kier alpha value is -0.940. The summed E-state index contributed by atoms with van der Waals surface area (Å²) in [5.74, 6) is -0.0929. The third-order valence-corrected chi connectivity index (χ3v) is 2.86. The number of rotatable bonds is 4. The molecule has 0 fully saturated rings. The summed E-state index contributed by atoms with van der Waals surface area (Å²) in [7, 11) is 0. The average molecular weight is 228 g/mol. The van der Waals surface area contributed by atoms with Crippen molar-refractivity contribution in [3.63, 3.8) is 0 Å². The van der Waals surface area contributed by atoms with Crippen LogP contribution in [0.25, 0.3) is 0 Å². The lowest BCUT2D eigenvalue weighted by Gasteiger charge is -2.03. The van der Waals surface area contributed by atoms with Crippen LogP contribution in [0, 0.1) is 0 Å². The van der Waals surface area contributed by atoms with Crippen molar-refractivity contribution in [1.82, 2.24) is 5.32 Å². The van der Waals surface area contributed by atoms with Crippen molar-refractivity contribution in [2.75, 3.05) is 6.54 Å². The van der Waals surface area contributed by atoms with Crippen LogP contribution in [0.2, 0.25) is 0 Å². The van der Waals surface area contributed by atoms with Crippen LogP contribution in [0.4, 0.5) is 0 Å². The standard InChI is InChI=1S/C9H12N2OS2/c1-2-6-3-4-14-8(6)9(12)11-5-7(10)13/h3-4H,2,5H2,1H3,(H2,10,13)(H,11,12). The Bertz CT molecular complexity index is 346. The molecule has 1 aromatic rings. The lowest BCUT2D eigenvalue weighted by molar-refractivity contribution is 0.0962. The first-order chi connectivity index (χ1) is 6.65. The maximum atomic E-state index is 11.6. The quantitative estimate of drug-likeness (QED) is 0.764. The minimum atomic E-state index is -0.0929. The second-order valence-electron chi connectivity index (χ2n) is 2.78. The molecule has 1 aromatic heterocycles. The number of nitrogens with one attached hydrogen (secondary N) is 1. The van der Waals surface area contributed by atoms with E-state index in [1.807, 2.05) is 18.4 Å². The van der Waals surface area contributed by atoms with Crippen molar-refractivity contribution in [1.29, 1.82) is 0 Å². The molecule has 3 nitrogen and oxygen atoms in total. The van der Waals surface area contributed by atoms with Gasteiger partial charge in [-0.05, 0) is 23.4 Å². The van der Waals surface area contributed by atoms with E-state index in [9.17, 15) is 4.79 Å². The van der Waals surface area contributed by atoms with Gasteiger partial charge < -0.3 is 11.1 Å². The SMILES string of the molecule is CCc1ccsc1C(=O)NCC(N)=S. The molecule has 0 bridgehead atoms. The van der Waals surface area contributed by atoms with Gasteiger partial charge in [0.15, 0.2) is 0 Å². The number of thiocarbonyl (C=S) groups is 1. The number of amides is 1.